The van der Waals surface area contributed by atoms with Crippen LogP contribution in [0.25, 0.3) is 16.7 Å². The summed E-state index contributed by atoms with van der Waals surface area (Å²) in [5.74, 6) is 0.819. The molecule has 0 heterocycles. The average Bonchev–Trinajstić information content (AvgIpc) is 3.31. The number of halogens is 1. The molecule has 3 aliphatic rings. The molecule has 1 spiro atoms. The molecule has 0 aromatic heterocycles. The van der Waals surface area contributed by atoms with Gasteiger partial charge in [0.2, 0.25) is 0 Å². The summed E-state index contributed by atoms with van der Waals surface area (Å²) in [6.45, 7) is 7.00. The molecule has 3 aromatic rings. The fraction of sp³-hybridized carbons (Fsp3) is 0.364. The predicted octanol–water partition coefficient (Wildman–Crippen LogP) is 7.99. The predicted molar refractivity (Wildman–Crippen MR) is 143 cm³/mol. The lowest BCUT2D eigenvalue weighted by molar-refractivity contribution is -0.109. The maximum absolute atomic E-state index is 14.9. The first-order valence-electron chi connectivity index (χ1n) is 13.1. The molecular formula is C33H33FO2. The van der Waals surface area contributed by atoms with Crippen molar-refractivity contribution in [1.29, 1.82) is 0 Å². The molecule has 0 aliphatic heterocycles. The van der Waals surface area contributed by atoms with Crippen LogP contribution in [0.3, 0.4) is 0 Å². The molecule has 3 aromatic carbocycles. The van der Waals surface area contributed by atoms with Crippen molar-refractivity contribution >= 4 is 11.9 Å². The molecule has 184 valence electrons. The second-order valence-corrected chi connectivity index (χ2v) is 11.6. The van der Waals surface area contributed by atoms with Gasteiger partial charge in [-0.05, 0) is 108 Å². The Morgan fingerprint density at radius 1 is 1.00 bits per heavy atom. The van der Waals surface area contributed by atoms with Crippen LogP contribution in [0.4, 0.5) is 4.39 Å². The van der Waals surface area contributed by atoms with E-state index >= 15 is 0 Å². The first-order valence-corrected chi connectivity index (χ1v) is 13.1. The summed E-state index contributed by atoms with van der Waals surface area (Å²) >= 11 is 0. The summed E-state index contributed by atoms with van der Waals surface area (Å²) in [6, 6.07) is 18.0. The van der Waals surface area contributed by atoms with E-state index in [0.717, 1.165) is 66.4 Å². The van der Waals surface area contributed by atoms with Crippen molar-refractivity contribution in [3.05, 3.63) is 94.3 Å². The van der Waals surface area contributed by atoms with Gasteiger partial charge in [0.05, 0.1) is 0 Å². The Balaban J connectivity index is 1.32. The van der Waals surface area contributed by atoms with Crippen LogP contribution in [0.15, 0.2) is 60.7 Å². The van der Waals surface area contributed by atoms with Gasteiger partial charge in [-0.15, -0.1) is 0 Å². The van der Waals surface area contributed by atoms with Crippen molar-refractivity contribution in [2.75, 3.05) is 0 Å². The van der Waals surface area contributed by atoms with Gasteiger partial charge in [-0.2, -0.15) is 0 Å². The van der Waals surface area contributed by atoms with E-state index in [1.807, 2.05) is 19.1 Å². The van der Waals surface area contributed by atoms with Crippen molar-refractivity contribution in [2.24, 2.45) is 11.3 Å². The maximum Gasteiger partial charge on any atom is 0.131 e. The zero-order valence-corrected chi connectivity index (χ0v) is 21.4. The summed E-state index contributed by atoms with van der Waals surface area (Å²) in [7, 11) is 0. The Morgan fingerprint density at radius 3 is 2.61 bits per heavy atom. The van der Waals surface area contributed by atoms with Crippen LogP contribution >= 0.6 is 0 Å². The highest BCUT2D eigenvalue weighted by atomic mass is 19.1. The van der Waals surface area contributed by atoms with Gasteiger partial charge in [0.25, 0.3) is 0 Å². The van der Waals surface area contributed by atoms with Gasteiger partial charge in [-0.25, -0.2) is 4.39 Å². The Morgan fingerprint density at radius 2 is 1.86 bits per heavy atom. The fourth-order valence-corrected chi connectivity index (χ4v) is 6.54. The van der Waals surface area contributed by atoms with E-state index in [-0.39, 0.29) is 22.6 Å². The van der Waals surface area contributed by atoms with Crippen LogP contribution in [-0.4, -0.2) is 6.29 Å². The standard InChI is InChI=1S/C33H33FO2/c1-21-6-11-31(34)28(15-21)26-10-7-22(16-27(26)29-5-4-13-32(29,2)3)20-36-25-9-8-23-12-14-33(30(23)17-25)18-24(33)19-35/h5-11,15-17,19,24H,4,12-14,18,20H2,1-3H3/t24-,33-/m1/s1. The van der Waals surface area contributed by atoms with E-state index in [9.17, 15) is 9.18 Å². The number of allylic oxidation sites excluding steroid dienone is 2. The third-order valence-electron chi connectivity index (χ3n) is 8.79. The summed E-state index contributed by atoms with van der Waals surface area (Å²) in [6.07, 6.45) is 8.66. The molecule has 2 atom stereocenters. The first kappa shape index (κ1) is 23.2. The second-order valence-electron chi connectivity index (χ2n) is 11.6. The lowest BCUT2D eigenvalue weighted by Gasteiger charge is -2.25. The fourth-order valence-electron chi connectivity index (χ4n) is 6.54. The van der Waals surface area contributed by atoms with E-state index < -0.39 is 0 Å². The van der Waals surface area contributed by atoms with Crippen LogP contribution in [-0.2, 0) is 23.2 Å². The van der Waals surface area contributed by atoms with E-state index in [4.69, 9.17) is 4.74 Å². The number of carbonyl (C=O) groups excluding carboxylic acids is 1. The molecular weight excluding hydrogens is 447 g/mol. The van der Waals surface area contributed by atoms with Crippen LogP contribution in [0, 0.1) is 24.1 Å². The quantitative estimate of drug-likeness (QED) is 0.334. The van der Waals surface area contributed by atoms with E-state index in [1.54, 1.807) is 6.07 Å². The van der Waals surface area contributed by atoms with Gasteiger partial charge >= 0.3 is 0 Å². The van der Waals surface area contributed by atoms with Crippen LogP contribution in [0.2, 0.25) is 0 Å². The van der Waals surface area contributed by atoms with Gasteiger partial charge < -0.3 is 9.53 Å². The number of ether oxygens (including phenoxy) is 1. The summed E-state index contributed by atoms with van der Waals surface area (Å²) in [4.78, 5) is 11.4. The van der Waals surface area contributed by atoms with E-state index in [0.29, 0.717) is 12.2 Å². The minimum Gasteiger partial charge on any atom is -0.489 e. The lowest BCUT2D eigenvalue weighted by Crippen LogP contribution is -2.10. The van der Waals surface area contributed by atoms with Crippen molar-refractivity contribution in [3.63, 3.8) is 0 Å². The third kappa shape index (κ3) is 3.80. The number of hydrogen-bond donors (Lipinski definition) is 0. The summed E-state index contributed by atoms with van der Waals surface area (Å²) in [5.41, 5.74) is 8.86. The number of fused-ring (bicyclic) bond motifs is 2. The van der Waals surface area contributed by atoms with Crippen molar-refractivity contribution in [3.8, 4) is 16.9 Å². The molecule has 6 rings (SSSR count). The lowest BCUT2D eigenvalue weighted by atomic mass is 9.79. The molecule has 1 saturated carbocycles. The van der Waals surface area contributed by atoms with E-state index in [2.05, 4.69) is 56.3 Å². The largest absolute Gasteiger partial charge is 0.489 e. The van der Waals surface area contributed by atoms with Crippen molar-refractivity contribution < 1.29 is 13.9 Å². The van der Waals surface area contributed by atoms with Gasteiger partial charge in [0, 0.05) is 16.9 Å². The number of carbonyl (C=O) groups is 1. The topological polar surface area (TPSA) is 26.3 Å². The minimum absolute atomic E-state index is 0.0439. The highest BCUT2D eigenvalue weighted by molar-refractivity contribution is 5.85. The number of rotatable bonds is 6. The Labute approximate surface area is 213 Å². The Hall–Kier alpha value is -3.20. The van der Waals surface area contributed by atoms with Gasteiger partial charge in [-0.3, -0.25) is 0 Å². The van der Waals surface area contributed by atoms with Crippen molar-refractivity contribution in [1.82, 2.24) is 0 Å². The molecule has 1 fully saturated rings. The molecule has 3 heteroatoms. The summed E-state index contributed by atoms with van der Waals surface area (Å²) < 4.78 is 21.2. The molecule has 0 radical (unpaired) electrons. The molecule has 0 amide bonds. The molecule has 0 saturated heterocycles. The second kappa shape index (κ2) is 8.44. The van der Waals surface area contributed by atoms with Crippen LogP contribution < -0.4 is 4.74 Å². The van der Waals surface area contributed by atoms with Gasteiger partial charge in [-0.1, -0.05) is 49.8 Å². The third-order valence-corrected chi connectivity index (χ3v) is 8.79. The zero-order chi connectivity index (χ0) is 25.1. The molecule has 3 aliphatic carbocycles. The zero-order valence-electron chi connectivity index (χ0n) is 21.4. The Kier molecular flexibility index (Phi) is 5.44. The highest BCUT2D eigenvalue weighted by Gasteiger charge is 2.58. The molecule has 0 N–H and O–H groups in total. The van der Waals surface area contributed by atoms with Crippen LogP contribution in [0.5, 0.6) is 5.75 Å². The normalized spacial score (nSPS) is 23.4. The van der Waals surface area contributed by atoms with E-state index in [1.165, 1.54) is 16.7 Å². The molecule has 0 bridgehead atoms. The Bertz CT molecular complexity index is 1400. The number of benzene rings is 3. The highest BCUT2D eigenvalue weighted by Crippen LogP contribution is 2.61. The minimum atomic E-state index is -0.192. The number of aldehydes is 1. The smallest absolute Gasteiger partial charge is 0.131 e. The van der Waals surface area contributed by atoms with Gasteiger partial charge in [0.1, 0.15) is 24.5 Å². The van der Waals surface area contributed by atoms with Gasteiger partial charge in [0.15, 0.2) is 0 Å². The SMILES string of the molecule is Cc1ccc(F)c(-c2ccc(COc3ccc4c(c3)[C@]3(CC4)C[C@@H]3C=O)cc2C2=CCCC2(C)C)c1. The average molecular weight is 481 g/mol. The molecule has 2 nitrogen and oxygen atoms in total. The summed E-state index contributed by atoms with van der Waals surface area (Å²) in [5, 5.41) is 0. The molecule has 0 unspecified atom stereocenters. The monoisotopic (exact) mass is 480 g/mol. The number of aryl methyl sites for hydroxylation is 2. The first-order chi connectivity index (χ1) is 17.3. The maximum atomic E-state index is 14.9. The molecule has 36 heavy (non-hydrogen) atoms. The van der Waals surface area contributed by atoms with Crippen molar-refractivity contribution in [2.45, 2.75) is 64.9 Å². The number of hydrogen-bond acceptors (Lipinski definition) is 2. The van der Waals surface area contributed by atoms with Crippen LogP contribution in [0.1, 0.15) is 67.3 Å².